The minimum Gasteiger partial charge on any atom is -0.358 e. The number of primary sulfonamides is 1. The molecule has 2 aromatic carbocycles. The van der Waals surface area contributed by atoms with E-state index in [1.54, 1.807) is 0 Å². The fraction of sp³-hybridized carbons (Fsp3) is 0.211. The second kappa shape index (κ2) is 6.93. The van der Waals surface area contributed by atoms with Crippen LogP contribution in [0.15, 0.2) is 47.4 Å². The molecule has 0 unspecified atom stereocenters. The van der Waals surface area contributed by atoms with Crippen molar-refractivity contribution < 1.29 is 13.2 Å². The Labute approximate surface area is 152 Å². The summed E-state index contributed by atoms with van der Waals surface area (Å²) in [7, 11) is -3.76. The Balaban J connectivity index is 1.73. The standard InChI is InChI=1S/C19H21N3O3S/c1-3-17-12(2)16-10-13(4-9-18(16)22-17)11-21-19(23)14-5-7-15(8-6-14)26(20,24)25/h4-10,22H,3,11H2,1-2H3,(H,21,23)(H2,20,24,25). The summed E-state index contributed by atoms with van der Waals surface area (Å²) < 4.78 is 22.5. The second-order valence-corrected chi connectivity index (χ2v) is 7.78. The molecule has 0 saturated carbocycles. The Hall–Kier alpha value is -2.64. The first-order chi connectivity index (χ1) is 12.3. The molecule has 0 atom stereocenters. The zero-order valence-electron chi connectivity index (χ0n) is 14.7. The van der Waals surface area contributed by atoms with Crippen LogP contribution in [0.25, 0.3) is 10.9 Å². The Morgan fingerprint density at radius 1 is 1.15 bits per heavy atom. The molecule has 3 aromatic rings. The molecule has 0 saturated heterocycles. The molecule has 0 aliphatic carbocycles. The highest BCUT2D eigenvalue weighted by molar-refractivity contribution is 7.89. The first-order valence-corrected chi connectivity index (χ1v) is 9.85. The van der Waals surface area contributed by atoms with Gasteiger partial charge in [-0.05, 0) is 60.9 Å². The highest BCUT2D eigenvalue weighted by atomic mass is 32.2. The lowest BCUT2D eigenvalue weighted by molar-refractivity contribution is 0.0951. The van der Waals surface area contributed by atoms with Crippen LogP contribution in [0, 0.1) is 6.92 Å². The molecule has 0 spiro atoms. The van der Waals surface area contributed by atoms with Crippen molar-refractivity contribution in [2.75, 3.05) is 0 Å². The maximum atomic E-state index is 12.3. The summed E-state index contributed by atoms with van der Waals surface area (Å²) >= 11 is 0. The molecule has 0 bridgehead atoms. The molecule has 1 aromatic heterocycles. The average molecular weight is 371 g/mol. The number of carbonyl (C=O) groups is 1. The summed E-state index contributed by atoms with van der Waals surface area (Å²) in [6, 6.07) is 11.6. The first kappa shape index (κ1) is 18.2. The topological polar surface area (TPSA) is 105 Å². The van der Waals surface area contributed by atoms with Gasteiger partial charge in [0.1, 0.15) is 0 Å². The summed E-state index contributed by atoms with van der Waals surface area (Å²) in [5.74, 6) is -0.272. The maximum Gasteiger partial charge on any atom is 0.251 e. The van der Waals surface area contributed by atoms with Gasteiger partial charge in [-0.3, -0.25) is 4.79 Å². The molecule has 4 N–H and O–H groups in total. The predicted molar refractivity (Wildman–Crippen MR) is 101 cm³/mol. The third-order valence-corrected chi connectivity index (χ3v) is 5.41. The molecule has 136 valence electrons. The molecule has 6 nitrogen and oxygen atoms in total. The summed E-state index contributed by atoms with van der Waals surface area (Å²) in [5.41, 5.74) is 4.92. The summed E-state index contributed by atoms with van der Waals surface area (Å²) in [5, 5.41) is 9.06. The summed E-state index contributed by atoms with van der Waals surface area (Å²) in [6.45, 7) is 4.59. The molecule has 7 heteroatoms. The lowest BCUT2D eigenvalue weighted by Gasteiger charge is -2.07. The van der Waals surface area contributed by atoms with E-state index < -0.39 is 10.0 Å². The fourth-order valence-corrected chi connectivity index (χ4v) is 3.49. The van der Waals surface area contributed by atoms with Gasteiger partial charge in [0, 0.05) is 28.7 Å². The summed E-state index contributed by atoms with van der Waals surface area (Å²) in [6.07, 6.45) is 0.946. The highest BCUT2D eigenvalue weighted by Gasteiger charge is 2.11. The number of aryl methyl sites for hydroxylation is 2. The lowest BCUT2D eigenvalue weighted by Crippen LogP contribution is -2.23. The number of carbonyl (C=O) groups excluding carboxylic acids is 1. The Morgan fingerprint density at radius 2 is 1.85 bits per heavy atom. The van der Waals surface area contributed by atoms with Crippen LogP contribution in [-0.2, 0) is 23.0 Å². The number of amides is 1. The number of rotatable bonds is 5. The van der Waals surface area contributed by atoms with Gasteiger partial charge < -0.3 is 10.3 Å². The molecule has 0 aliphatic heterocycles. The minimum absolute atomic E-state index is 0.0193. The molecule has 0 fully saturated rings. The van der Waals surface area contributed by atoms with Gasteiger partial charge in [0.05, 0.1) is 4.90 Å². The molecule has 1 amide bonds. The number of aromatic amines is 1. The highest BCUT2D eigenvalue weighted by Crippen LogP contribution is 2.23. The van der Waals surface area contributed by atoms with Crippen LogP contribution in [0.2, 0.25) is 0 Å². The van der Waals surface area contributed by atoms with Crippen molar-refractivity contribution in [3.63, 3.8) is 0 Å². The van der Waals surface area contributed by atoms with E-state index in [4.69, 9.17) is 5.14 Å². The van der Waals surface area contributed by atoms with Crippen molar-refractivity contribution in [1.29, 1.82) is 0 Å². The van der Waals surface area contributed by atoms with E-state index >= 15 is 0 Å². The monoisotopic (exact) mass is 371 g/mol. The van der Waals surface area contributed by atoms with Crippen LogP contribution in [0.1, 0.15) is 34.1 Å². The van der Waals surface area contributed by atoms with E-state index in [0.29, 0.717) is 12.1 Å². The quantitative estimate of drug-likeness (QED) is 0.642. The number of hydrogen-bond acceptors (Lipinski definition) is 3. The number of fused-ring (bicyclic) bond motifs is 1. The van der Waals surface area contributed by atoms with Crippen LogP contribution in [0.3, 0.4) is 0 Å². The van der Waals surface area contributed by atoms with E-state index in [-0.39, 0.29) is 10.8 Å². The van der Waals surface area contributed by atoms with Crippen LogP contribution in [-0.4, -0.2) is 19.3 Å². The molecular formula is C19H21N3O3S. The lowest BCUT2D eigenvalue weighted by atomic mass is 10.1. The van der Waals surface area contributed by atoms with E-state index in [1.165, 1.54) is 35.5 Å². The largest absolute Gasteiger partial charge is 0.358 e. The van der Waals surface area contributed by atoms with Crippen LogP contribution < -0.4 is 10.5 Å². The van der Waals surface area contributed by atoms with Gasteiger partial charge in [0.2, 0.25) is 10.0 Å². The van der Waals surface area contributed by atoms with Crippen LogP contribution in [0.4, 0.5) is 0 Å². The number of H-pyrrole nitrogens is 1. The number of nitrogens with one attached hydrogen (secondary N) is 2. The maximum absolute atomic E-state index is 12.3. The molecule has 0 radical (unpaired) electrons. The fourth-order valence-electron chi connectivity index (χ4n) is 2.97. The molecule has 26 heavy (non-hydrogen) atoms. The van der Waals surface area contributed by atoms with Crippen molar-refractivity contribution in [3.8, 4) is 0 Å². The number of aromatic nitrogens is 1. The van der Waals surface area contributed by atoms with E-state index in [1.807, 2.05) is 12.1 Å². The van der Waals surface area contributed by atoms with Gasteiger partial charge in [-0.15, -0.1) is 0 Å². The Morgan fingerprint density at radius 3 is 2.46 bits per heavy atom. The van der Waals surface area contributed by atoms with E-state index in [2.05, 4.69) is 30.2 Å². The van der Waals surface area contributed by atoms with Gasteiger partial charge in [0.25, 0.3) is 5.91 Å². The SMILES string of the molecule is CCc1[nH]c2ccc(CNC(=O)c3ccc(S(N)(=O)=O)cc3)cc2c1C. The number of benzene rings is 2. The van der Waals surface area contributed by atoms with Crippen molar-refractivity contribution in [2.45, 2.75) is 31.7 Å². The van der Waals surface area contributed by atoms with Crippen LogP contribution in [0.5, 0.6) is 0 Å². The summed E-state index contributed by atoms with van der Waals surface area (Å²) in [4.78, 5) is 15.6. The van der Waals surface area contributed by atoms with Gasteiger partial charge in [-0.2, -0.15) is 0 Å². The minimum atomic E-state index is -3.76. The Kier molecular flexibility index (Phi) is 4.84. The smallest absolute Gasteiger partial charge is 0.251 e. The molecule has 0 aliphatic rings. The van der Waals surface area contributed by atoms with Crippen molar-refractivity contribution in [1.82, 2.24) is 10.3 Å². The van der Waals surface area contributed by atoms with Gasteiger partial charge in [-0.1, -0.05) is 13.0 Å². The molecular weight excluding hydrogens is 350 g/mol. The number of hydrogen-bond donors (Lipinski definition) is 3. The number of sulfonamides is 1. The van der Waals surface area contributed by atoms with E-state index in [0.717, 1.165) is 22.9 Å². The Bertz CT molecular complexity index is 1070. The van der Waals surface area contributed by atoms with Crippen molar-refractivity contribution >= 4 is 26.8 Å². The van der Waals surface area contributed by atoms with Gasteiger partial charge in [0.15, 0.2) is 0 Å². The first-order valence-electron chi connectivity index (χ1n) is 8.30. The van der Waals surface area contributed by atoms with Gasteiger partial charge in [-0.25, -0.2) is 13.6 Å². The zero-order valence-corrected chi connectivity index (χ0v) is 15.5. The third-order valence-electron chi connectivity index (χ3n) is 4.48. The predicted octanol–water partition coefficient (Wildman–Crippen LogP) is 2.62. The normalized spacial score (nSPS) is 11.7. The number of nitrogens with two attached hydrogens (primary N) is 1. The van der Waals surface area contributed by atoms with Crippen LogP contribution >= 0.6 is 0 Å². The van der Waals surface area contributed by atoms with Gasteiger partial charge >= 0.3 is 0 Å². The zero-order chi connectivity index (χ0) is 18.9. The third kappa shape index (κ3) is 3.63. The molecule has 1 heterocycles. The average Bonchev–Trinajstić information content (AvgIpc) is 2.94. The van der Waals surface area contributed by atoms with Crippen molar-refractivity contribution in [3.05, 3.63) is 64.8 Å². The van der Waals surface area contributed by atoms with E-state index in [9.17, 15) is 13.2 Å². The van der Waals surface area contributed by atoms with Crippen molar-refractivity contribution in [2.24, 2.45) is 5.14 Å². The second-order valence-electron chi connectivity index (χ2n) is 6.21. The molecule has 3 rings (SSSR count).